The van der Waals surface area contributed by atoms with Gasteiger partial charge in [0, 0.05) is 11.7 Å². The van der Waals surface area contributed by atoms with Crippen LogP contribution in [0.15, 0.2) is 17.0 Å². The van der Waals surface area contributed by atoms with Gasteiger partial charge >= 0.3 is 0 Å². The molecule has 0 radical (unpaired) electrons. The van der Waals surface area contributed by atoms with Gasteiger partial charge in [-0.05, 0) is 37.5 Å². The molecule has 2 rings (SSSR count). The molecule has 2 unspecified atom stereocenters. The SMILES string of the molecule is Cc1cc(N)cc(S(=O)(=O)NC2CCCCC2O)c1F. The number of aliphatic hydroxyl groups excluding tert-OH is 1. The molecule has 1 aliphatic rings. The van der Waals surface area contributed by atoms with Gasteiger partial charge in [0.05, 0.1) is 6.10 Å². The summed E-state index contributed by atoms with van der Waals surface area (Å²) in [4.78, 5) is -0.465. The predicted octanol–water partition coefficient (Wildman–Crippen LogP) is 1.30. The first-order chi connectivity index (χ1) is 9.31. The first kappa shape index (κ1) is 15.2. The van der Waals surface area contributed by atoms with Crippen LogP contribution >= 0.6 is 0 Å². The molecule has 1 aliphatic carbocycles. The first-order valence-electron chi connectivity index (χ1n) is 6.57. The van der Waals surface area contributed by atoms with Crippen LogP contribution in [0.1, 0.15) is 31.2 Å². The van der Waals surface area contributed by atoms with E-state index < -0.39 is 32.9 Å². The van der Waals surface area contributed by atoms with Gasteiger partial charge in [-0.3, -0.25) is 0 Å². The first-order valence-corrected chi connectivity index (χ1v) is 8.05. The minimum Gasteiger partial charge on any atom is -0.399 e. The molecule has 1 saturated carbocycles. The van der Waals surface area contributed by atoms with Crippen molar-refractivity contribution in [3.8, 4) is 0 Å². The van der Waals surface area contributed by atoms with Gasteiger partial charge in [0.1, 0.15) is 10.7 Å². The lowest BCUT2D eigenvalue weighted by Gasteiger charge is -2.28. The molecule has 1 aromatic rings. The number of benzene rings is 1. The van der Waals surface area contributed by atoms with E-state index in [1.54, 1.807) is 0 Å². The van der Waals surface area contributed by atoms with Crippen LogP contribution < -0.4 is 10.5 Å². The lowest BCUT2D eigenvalue weighted by Crippen LogP contribution is -2.45. The number of rotatable bonds is 3. The molecule has 7 heteroatoms. The van der Waals surface area contributed by atoms with Crippen LogP contribution in [-0.4, -0.2) is 25.7 Å². The van der Waals surface area contributed by atoms with Crippen molar-refractivity contribution in [1.29, 1.82) is 0 Å². The van der Waals surface area contributed by atoms with Crippen LogP contribution in [0.5, 0.6) is 0 Å². The Bertz CT molecular complexity index is 604. The monoisotopic (exact) mass is 302 g/mol. The average molecular weight is 302 g/mol. The van der Waals surface area contributed by atoms with Crippen LogP contribution in [0.3, 0.4) is 0 Å². The Hall–Kier alpha value is -1.18. The second-order valence-electron chi connectivity index (χ2n) is 5.23. The highest BCUT2D eigenvalue weighted by atomic mass is 32.2. The number of anilines is 1. The van der Waals surface area contributed by atoms with E-state index in [9.17, 15) is 17.9 Å². The van der Waals surface area contributed by atoms with E-state index in [4.69, 9.17) is 5.73 Å². The molecule has 2 atom stereocenters. The molecule has 0 saturated heterocycles. The Labute approximate surface area is 118 Å². The second-order valence-corrected chi connectivity index (χ2v) is 6.91. The van der Waals surface area contributed by atoms with Crippen LogP contribution in [0, 0.1) is 12.7 Å². The van der Waals surface area contributed by atoms with Gasteiger partial charge in [0.25, 0.3) is 0 Å². The molecule has 1 fully saturated rings. The third-order valence-electron chi connectivity index (χ3n) is 3.57. The van der Waals surface area contributed by atoms with Gasteiger partial charge in [-0.15, -0.1) is 0 Å². The number of halogens is 1. The molecule has 0 spiro atoms. The quantitative estimate of drug-likeness (QED) is 0.734. The fourth-order valence-corrected chi connectivity index (χ4v) is 3.96. The summed E-state index contributed by atoms with van der Waals surface area (Å²) in [6.07, 6.45) is 2.06. The number of nitrogens with one attached hydrogen (secondary N) is 1. The summed E-state index contributed by atoms with van der Waals surface area (Å²) >= 11 is 0. The van der Waals surface area contributed by atoms with Gasteiger partial charge in [0.2, 0.25) is 10.0 Å². The molecule has 20 heavy (non-hydrogen) atoms. The van der Waals surface area contributed by atoms with E-state index in [-0.39, 0.29) is 11.3 Å². The molecule has 0 heterocycles. The largest absolute Gasteiger partial charge is 0.399 e. The minimum atomic E-state index is -4.03. The number of hydrogen-bond acceptors (Lipinski definition) is 4. The highest BCUT2D eigenvalue weighted by Crippen LogP contribution is 2.24. The molecular weight excluding hydrogens is 283 g/mol. The van der Waals surface area contributed by atoms with Crippen LogP contribution in [0.25, 0.3) is 0 Å². The average Bonchev–Trinajstić information content (AvgIpc) is 2.36. The molecule has 0 bridgehead atoms. The van der Waals surface area contributed by atoms with E-state index in [1.165, 1.54) is 13.0 Å². The normalized spacial score (nSPS) is 23.8. The predicted molar refractivity (Wildman–Crippen MR) is 74.1 cm³/mol. The third kappa shape index (κ3) is 3.11. The summed E-state index contributed by atoms with van der Waals surface area (Å²) in [5.41, 5.74) is 5.94. The summed E-state index contributed by atoms with van der Waals surface area (Å²) in [5, 5.41) is 9.81. The summed E-state index contributed by atoms with van der Waals surface area (Å²) in [6, 6.07) is 1.90. The zero-order chi connectivity index (χ0) is 14.9. The van der Waals surface area contributed by atoms with Gasteiger partial charge in [-0.1, -0.05) is 12.8 Å². The third-order valence-corrected chi connectivity index (χ3v) is 5.06. The highest BCUT2D eigenvalue weighted by molar-refractivity contribution is 7.89. The van der Waals surface area contributed by atoms with Gasteiger partial charge in [-0.25, -0.2) is 17.5 Å². The number of aryl methyl sites for hydroxylation is 1. The number of hydrogen-bond donors (Lipinski definition) is 3. The Balaban J connectivity index is 2.31. The molecule has 0 aliphatic heterocycles. The smallest absolute Gasteiger partial charge is 0.243 e. The van der Waals surface area contributed by atoms with E-state index in [2.05, 4.69) is 4.72 Å². The zero-order valence-corrected chi connectivity index (χ0v) is 12.1. The van der Waals surface area contributed by atoms with Crippen molar-refractivity contribution in [1.82, 2.24) is 4.72 Å². The number of nitrogen functional groups attached to an aromatic ring is 1. The highest BCUT2D eigenvalue weighted by Gasteiger charge is 2.30. The van der Waals surface area contributed by atoms with Crippen molar-refractivity contribution >= 4 is 15.7 Å². The van der Waals surface area contributed by atoms with Crippen molar-refractivity contribution in [2.75, 3.05) is 5.73 Å². The van der Waals surface area contributed by atoms with Crippen molar-refractivity contribution in [3.63, 3.8) is 0 Å². The molecule has 1 aromatic carbocycles. The van der Waals surface area contributed by atoms with Crippen molar-refractivity contribution < 1.29 is 17.9 Å². The van der Waals surface area contributed by atoms with Crippen molar-refractivity contribution in [2.45, 2.75) is 49.6 Å². The topological polar surface area (TPSA) is 92.4 Å². The summed E-state index contributed by atoms with van der Waals surface area (Å²) in [6.45, 7) is 1.46. The zero-order valence-electron chi connectivity index (χ0n) is 11.3. The number of aliphatic hydroxyl groups is 1. The molecule has 112 valence electrons. The molecule has 5 nitrogen and oxygen atoms in total. The van der Waals surface area contributed by atoms with Crippen LogP contribution in [0.2, 0.25) is 0 Å². The Morgan fingerprint density at radius 1 is 1.35 bits per heavy atom. The van der Waals surface area contributed by atoms with Crippen molar-refractivity contribution in [2.24, 2.45) is 0 Å². The maximum atomic E-state index is 14.0. The molecule has 0 amide bonds. The van der Waals surface area contributed by atoms with E-state index in [1.807, 2.05) is 0 Å². The van der Waals surface area contributed by atoms with E-state index in [0.717, 1.165) is 18.9 Å². The van der Waals surface area contributed by atoms with Gasteiger partial charge < -0.3 is 10.8 Å². The second kappa shape index (κ2) is 5.67. The van der Waals surface area contributed by atoms with Crippen molar-refractivity contribution in [3.05, 3.63) is 23.5 Å². The Kier molecular flexibility index (Phi) is 4.31. The van der Waals surface area contributed by atoms with E-state index in [0.29, 0.717) is 12.8 Å². The van der Waals surface area contributed by atoms with E-state index >= 15 is 0 Å². The lowest BCUT2D eigenvalue weighted by molar-refractivity contribution is 0.101. The maximum Gasteiger partial charge on any atom is 0.243 e. The molecule has 4 N–H and O–H groups in total. The lowest BCUT2D eigenvalue weighted by atomic mass is 9.93. The summed E-state index contributed by atoms with van der Waals surface area (Å²) in [5.74, 6) is -0.808. The maximum absolute atomic E-state index is 14.0. The fraction of sp³-hybridized carbons (Fsp3) is 0.538. The minimum absolute atomic E-state index is 0.176. The van der Waals surface area contributed by atoms with Crippen LogP contribution in [0.4, 0.5) is 10.1 Å². The summed E-state index contributed by atoms with van der Waals surface area (Å²) < 4.78 is 40.9. The standard InChI is InChI=1S/C13H19FN2O3S/c1-8-6-9(15)7-12(13(8)14)20(18,19)16-10-4-2-3-5-11(10)17/h6-7,10-11,16-17H,2-5,15H2,1H3. The Morgan fingerprint density at radius 3 is 2.65 bits per heavy atom. The molecule has 0 aromatic heterocycles. The van der Waals surface area contributed by atoms with Crippen LogP contribution in [-0.2, 0) is 10.0 Å². The number of nitrogens with two attached hydrogens (primary N) is 1. The fourth-order valence-electron chi connectivity index (χ4n) is 2.47. The Morgan fingerprint density at radius 2 is 2.00 bits per heavy atom. The summed E-state index contributed by atoms with van der Waals surface area (Å²) in [7, 11) is -4.03. The van der Waals surface area contributed by atoms with Gasteiger partial charge in [0.15, 0.2) is 0 Å². The molecular formula is C13H19FN2O3S. The van der Waals surface area contributed by atoms with Gasteiger partial charge in [-0.2, -0.15) is 0 Å². The number of sulfonamides is 1.